The Labute approximate surface area is 116 Å². The summed E-state index contributed by atoms with van der Waals surface area (Å²) in [5, 5.41) is 21.8. The maximum absolute atomic E-state index is 11.9. The van der Waals surface area contributed by atoms with Crippen LogP contribution in [0.3, 0.4) is 0 Å². The van der Waals surface area contributed by atoms with Crippen LogP contribution in [0.1, 0.15) is 20.0 Å². The van der Waals surface area contributed by atoms with Gasteiger partial charge in [0.1, 0.15) is 0 Å². The number of nitro groups is 1. The number of carbonyl (C=O) groups is 2. The minimum absolute atomic E-state index is 0.0492. The molecule has 0 radical (unpaired) electrons. The molecule has 1 aromatic carbocycles. The molecule has 0 fully saturated rings. The second-order valence-corrected chi connectivity index (χ2v) is 4.76. The number of hydrogen-bond donors (Lipinski definition) is 2. The molecule has 0 unspecified atom stereocenters. The van der Waals surface area contributed by atoms with Gasteiger partial charge in [0, 0.05) is 6.07 Å². The third-order valence-corrected chi connectivity index (χ3v) is 3.44. The molecule has 20 heavy (non-hydrogen) atoms. The van der Waals surface area contributed by atoms with Gasteiger partial charge in [0.15, 0.2) is 0 Å². The van der Waals surface area contributed by atoms with Crippen LogP contribution in [-0.2, 0) is 0 Å². The van der Waals surface area contributed by atoms with Gasteiger partial charge in [-0.15, -0.1) is 0 Å². The van der Waals surface area contributed by atoms with Gasteiger partial charge in [-0.2, -0.15) is 0 Å². The van der Waals surface area contributed by atoms with Crippen molar-refractivity contribution in [2.24, 2.45) is 0 Å². The van der Waals surface area contributed by atoms with Crippen molar-refractivity contribution in [3.8, 4) is 0 Å². The lowest BCUT2D eigenvalue weighted by Gasteiger charge is -2.06. The van der Waals surface area contributed by atoms with E-state index < -0.39 is 16.8 Å². The molecule has 0 saturated carbocycles. The van der Waals surface area contributed by atoms with Gasteiger partial charge in [0.05, 0.1) is 21.1 Å². The molecule has 0 aliphatic carbocycles. The van der Waals surface area contributed by atoms with E-state index in [9.17, 15) is 19.7 Å². The fraction of sp³-hybridized carbons (Fsp3) is 0. The maximum atomic E-state index is 11.9. The second kappa shape index (κ2) is 5.49. The van der Waals surface area contributed by atoms with E-state index >= 15 is 0 Å². The summed E-state index contributed by atoms with van der Waals surface area (Å²) in [4.78, 5) is 33.0. The molecule has 8 heteroatoms. The number of para-hydroxylation sites is 1. The average Bonchev–Trinajstić information content (AvgIpc) is 2.89. The van der Waals surface area contributed by atoms with Gasteiger partial charge in [-0.25, -0.2) is 4.79 Å². The largest absolute Gasteiger partial charge is 0.478 e. The Morgan fingerprint density at radius 3 is 2.50 bits per heavy atom. The molecule has 0 atom stereocenters. The van der Waals surface area contributed by atoms with E-state index in [2.05, 4.69) is 5.32 Å². The van der Waals surface area contributed by atoms with Crippen molar-refractivity contribution in [3.05, 3.63) is 57.0 Å². The van der Waals surface area contributed by atoms with Crippen LogP contribution in [0.2, 0.25) is 0 Å². The summed E-state index contributed by atoms with van der Waals surface area (Å²) < 4.78 is 0. The van der Waals surface area contributed by atoms with Gasteiger partial charge >= 0.3 is 11.0 Å². The minimum Gasteiger partial charge on any atom is -0.478 e. The van der Waals surface area contributed by atoms with Crippen LogP contribution >= 0.6 is 11.3 Å². The van der Waals surface area contributed by atoms with E-state index in [1.807, 2.05) is 0 Å². The smallest absolute Gasteiger partial charge is 0.337 e. The second-order valence-electron chi connectivity index (χ2n) is 3.70. The molecule has 0 aliphatic heterocycles. The number of rotatable bonds is 4. The van der Waals surface area contributed by atoms with E-state index in [4.69, 9.17) is 5.11 Å². The molecule has 1 aromatic heterocycles. The highest BCUT2D eigenvalue weighted by Gasteiger charge is 2.17. The zero-order valence-electron chi connectivity index (χ0n) is 9.90. The summed E-state index contributed by atoms with van der Waals surface area (Å²) in [6.45, 7) is 0. The Bertz CT molecular complexity index is 695. The number of thiophene rings is 1. The molecule has 2 aromatic rings. The van der Waals surface area contributed by atoms with Gasteiger partial charge in [-0.3, -0.25) is 14.9 Å². The molecule has 1 amide bonds. The minimum atomic E-state index is -1.17. The maximum Gasteiger partial charge on any atom is 0.337 e. The normalized spacial score (nSPS) is 10.0. The average molecular weight is 292 g/mol. The van der Waals surface area contributed by atoms with Gasteiger partial charge in [0.25, 0.3) is 5.91 Å². The number of anilines is 1. The van der Waals surface area contributed by atoms with Gasteiger partial charge in [0.2, 0.25) is 0 Å². The summed E-state index contributed by atoms with van der Waals surface area (Å²) in [5.41, 5.74) is 0.0907. The highest BCUT2D eigenvalue weighted by atomic mass is 32.1. The van der Waals surface area contributed by atoms with Crippen molar-refractivity contribution in [2.75, 3.05) is 5.32 Å². The predicted octanol–water partition coefficient (Wildman–Crippen LogP) is 2.61. The lowest BCUT2D eigenvalue weighted by molar-refractivity contribution is -0.380. The Morgan fingerprint density at radius 2 is 1.90 bits per heavy atom. The van der Waals surface area contributed by atoms with Crippen LogP contribution in [0, 0.1) is 10.1 Å². The van der Waals surface area contributed by atoms with Crippen molar-refractivity contribution in [1.29, 1.82) is 0 Å². The Kier molecular flexibility index (Phi) is 3.76. The first-order chi connectivity index (χ1) is 9.49. The number of aromatic carboxylic acids is 1. The van der Waals surface area contributed by atoms with Crippen LogP contribution in [0.4, 0.5) is 10.7 Å². The zero-order chi connectivity index (χ0) is 14.7. The van der Waals surface area contributed by atoms with E-state index in [1.54, 1.807) is 6.07 Å². The SMILES string of the molecule is O=C(Nc1ccccc1C(=O)O)c1ccc([N+](=O)[O-])s1. The van der Waals surface area contributed by atoms with E-state index in [0.717, 1.165) is 11.3 Å². The third kappa shape index (κ3) is 2.81. The lowest BCUT2D eigenvalue weighted by Crippen LogP contribution is -2.13. The summed E-state index contributed by atoms with van der Waals surface area (Å²) >= 11 is 0.724. The van der Waals surface area contributed by atoms with E-state index in [1.165, 1.54) is 30.3 Å². The van der Waals surface area contributed by atoms with Crippen LogP contribution in [0.25, 0.3) is 0 Å². The molecule has 1 heterocycles. The van der Waals surface area contributed by atoms with Gasteiger partial charge in [-0.05, 0) is 18.2 Å². The monoisotopic (exact) mass is 292 g/mol. The molecular weight excluding hydrogens is 284 g/mol. The quantitative estimate of drug-likeness (QED) is 0.665. The van der Waals surface area contributed by atoms with Crippen molar-refractivity contribution < 1.29 is 19.6 Å². The number of carboxylic acid groups (broad SMARTS) is 1. The highest BCUT2D eigenvalue weighted by Crippen LogP contribution is 2.25. The fourth-order valence-electron chi connectivity index (χ4n) is 1.51. The molecule has 0 spiro atoms. The lowest BCUT2D eigenvalue weighted by atomic mass is 10.2. The first-order valence-electron chi connectivity index (χ1n) is 5.37. The number of amides is 1. The highest BCUT2D eigenvalue weighted by molar-refractivity contribution is 7.17. The molecular formula is C12H8N2O5S. The third-order valence-electron chi connectivity index (χ3n) is 2.40. The summed E-state index contributed by atoms with van der Waals surface area (Å²) in [6, 6.07) is 8.47. The number of hydrogen-bond acceptors (Lipinski definition) is 5. The Morgan fingerprint density at radius 1 is 1.20 bits per heavy atom. The summed E-state index contributed by atoms with van der Waals surface area (Å²) in [5.74, 6) is -1.75. The first kappa shape index (κ1) is 13.7. The molecule has 0 bridgehead atoms. The summed E-state index contributed by atoms with van der Waals surface area (Å²) in [6.07, 6.45) is 0. The molecule has 102 valence electrons. The van der Waals surface area contributed by atoms with Crippen molar-refractivity contribution in [1.82, 2.24) is 0 Å². The van der Waals surface area contributed by atoms with Crippen LogP contribution in [0.5, 0.6) is 0 Å². The molecule has 0 aliphatic rings. The van der Waals surface area contributed by atoms with Crippen LogP contribution < -0.4 is 5.32 Å². The number of benzene rings is 1. The van der Waals surface area contributed by atoms with Crippen molar-refractivity contribution >= 4 is 33.9 Å². The molecule has 0 saturated heterocycles. The van der Waals surface area contributed by atoms with Crippen LogP contribution in [0.15, 0.2) is 36.4 Å². The Hall–Kier alpha value is -2.74. The van der Waals surface area contributed by atoms with E-state index in [-0.39, 0.29) is 21.1 Å². The predicted molar refractivity (Wildman–Crippen MR) is 72.3 cm³/mol. The standard InChI is InChI=1S/C12H8N2O5S/c15-11(9-5-6-10(20-9)14(18)19)13-8-4-2-1-3-7(8)12(16)17/h1-6H,(H,13,15)(H,16,17). The topological polar surface area (TPSA) is 110 Å². The van der Waals surface area contributed by atoms with Crippen LogP contribution in [-0.4, -0.2) is 21.9 Å². The van der Waals surface area contributed by atoms with E-state index in [0.29, 0.717) is 0 Å². The number of carboxylic acids is 1. The molecule has 7 nitrogen and oxygen atoms in total. The van der Waals surface area contributed by atoms with Gasteiger partial charge in [-0.1, -0.05) is 23.5 Å². The summed E-state index contributed by atoms with van der Waals surface area (Å²) in [7, 11) is 0. The molecule has 2 rings (SSSR count). The van der Waals surface area contributed by atoms with Gasteiger partial charge < -0.3 is 10.4 Å². The first-order valence-corrected chi connectivity index (χ1v) is 6.18. The fourth-order valence-corrected chi connectivity index (χ4v) is 2.23. The van der Waals surface area contributed by atoms with Crippen molar-refractivity contribution in [2.45, 2.75) is 0 Å². The number of nitrogens with zero attached hydrogens (tertiary/aromatic N) is 1. The number of carbonyl (C=O) groups excluding carboxylic acids is 1. The zero-order valence-corrected chi connectivity index (χ0v) is 10.7. The number of nitrogens with one attached hydrogen (secondary N) is 1. The Balaban J connectivity index is 2.23. The van der Waals surface area contributed by atoms with Crippen molar-refractivity contribution in [3.63, 3.8) is 0 Å². The molecule has 2 N–H and O–H groups in total.